The summed E-state index contributed by atoms with van der Waals surface area (Å²) in [6.07, 6.45) is 2.79. The Morgan fingerprint density at radius 2 is 1.92 bits per heavy atom. The molecule has 1 saturated carbocycles. The predicted octanol–water partition coefficient (Wildman–Crippen LogP) is 3.94. The van der Waals surface area contributed by atoms with Crippen LogP contribution in [0.1, 0.15) is 48.0 Å². The molecule has 1 heterocycles. The first-order valence-corrected chi connectivity index (χ1v) is 9.35. The molecule has 26 heavy (non-hydrogen) atoms. The summed E-state index contributed by atoms with van der Waals surface area (Å²) in [5.74, 6) is -0.258. The monoisotopic (exact) mass is 352 g/mol. The van der Waals surface area contributed by atoms with E-state index in [0.717, 1.165) is 36.8 Å². The Morgan fingerprint density at radius 3 is 2.69 bits per heavy atom. The second-order valence-electron chi connectivity index (χ2n) is 7.49. The molecule has 2 aromatic carbocycles. The van der Waals surface area contributed by atoms with E-state index < -0.39 is 12.1 Å². The lowest BCUT2D eigenvalue weighted by molar-refractivity contribution is -0.142. The van der Waals surface area contributed by atoms with Crippen LogP contribution in [0.15, 0.2) is 48.5 Å². The second-order valence-corrected chi connectivity index (χ2v) is 7.49. The van der Waals surface area contributed by atoms with Gasteiger partial charge in [0.15, 0.2) is 0 Å². The number of ether oxygens (including phenoxy) is 1. The van der Waals surface area contributed by atoms with Crippen molar-refractivity contribution >= 4 is 5.97 Å². The lowest BCUT2D eigenvalue weighted by Crippen LogP contribution is -2.28. The maximum atomic E-state index is 11.5. The Morgan fingerprint density at radius 1 is 1.12 bits per heavy atom. The van der Waals surface area contributed by atoms with Gasteiger partial charge in [-0.3, -0.25) is 4.79 Å². The molecule has 0 radical (unpaired) electrons. The fourth-order valence-corrected chi connectivity index (χ4v) is 4.43. The van der Waals surface area contributed by atoms with Gasteiger partial charge in [-0.05, 0) is 42.4 Å². The normalized spacial score (nSPS) is 27.6. The molecule has 0 saturated heterocycles. The number of carboxylic acids is 1. The van der Waals surface area contributed by atoms with Crippen molar-refractivity contribution in [1.29, 1.82) is 0 Å². The predicted molar refractivity (Wildman–Crippen MR) is 98.3 cm³/mol. The topological polar surface area (TPSA) is 66.8 Å². The van der Waals surface area contributed by atoms with Crippen LogP contribution in [0.25, 0.3) is 0 Å². The number of aliphatic hydroxyl groups is 1. The van der Waals surface area contributed by atoms with E-state index in [2.05, 4.69) is 12.1 Å². The fourth-order valence-electron chi connectivity index (χ4n) is 4.43. The Balaban J connectivity index is 1.54. The summed E-state index contributed by atoms with van der Waals surface area (Å²) in [4.78, 5) is 11.5. The van der Waals surface area contributed by atoms with Crippen LogP contribution in [0, 0.1) is 11.8 Å². The molecule has 4 nitrogen and oxygen atoms in total. The molecule has 0 amide bonds. The zero-order valence-corrected chi connectivity index (χ0v) is 14.7. The molecule has 0 bridgehead atoms. The number of benzene rings is 2. The number of aliphatic hydroxyl groups excluding tert-OH is 1. The van der Waals surface area contributed by atoms with Crippen LogP contribution in [0.3, 0.4) is 0 Å². The van der Waals surface area contributed by atoms with Crippen LogP contribution in [0.5, 0.6) is 5.75 Å². The first-order valence-electron chi connectivity index (χ1n) is 9.35. The Hall–Kier alpha value is -2.33. The second kappa shape index (κ2) is 7.12. The SMILES string of the molecule is O=C(O)C1CCCC1c1ccc2c(c1)OCC(Cc1ccccc1)C2O. The van der Waals surface area contributed by atoms with Crippen molar-refractivity contribution in [3.63, 3.8) is 0 Å². The lowest BCUT2D eigenvalue weighted by Gasteiger charge is -2.31. The maximum absolute atomic E-state index is 11.5. The average Bonchev–Trinajstić information content (AvgIpc) is 3.15. The van der Waals surface area contributed by atoms with E-state index in [9.17, 15) is 15.0 Å². The molecule has 4 atom stereocenters. The van der Waals surface area contributed by atoms with E-state index >= 15 is 0 Å². The van der Waals surface area contributed by atoms with Crippen LogP contribution in [-0.4, -0.2) is 22.8 Å². The van der Waals surface area contributed by atoms with Crippen molar-refractivity contribution in [1.82, 2.24) is 0 Å². The zero-order chi connectivity index (χ0) is 18.1. The van der Waals surface area contributed by atoms with Crippen molar-refractivity contribution in [2.45, 2.75) is 37.7 Å². The third-order valence-electron chi connectivity index (χ3n) is 5.86. The lowest BCUT2D eigenvalue weighted by atomic mass is 9.84. The molecule has 1 aliphatic carbocycles. The summed E-state index contributed by atoms with van der Waals surface area (Å²) in [5, 5.41) is 20.2. The maximum Gasteiger partial charge on any atom is 0.307 e. The summed E-state index contributed by atoms with van der Waals surface area (Å²) in [5.41, 5.74) is 3.02. The Kier molecular flexibility index (Phi) is 4.68. The largest absolute Gasteiger partial charge is 0.493 e. The van der Waals surface area contributed by atoms with Crippen molar-refractivity contribution < 1.29 is 19.7 Å². The van der Waals surface area contributed by atoms with Crippen LogP contribution in [0.4, 0.5) is 0 Å². The number of hydrogen-bond donors (Lipinski definition) is 2. The zero-order valence-electron chi connectivity index (χ0n) is 14.7. The summed E-state index contributed by atoms with van der Waals surface area (Å²) >= 11 is 0. The van der Waals surface area contributed by atoms with Gasteiger partial charge in [0.25, 0.3) is 0 Å². The van der Waals surface area contributed by atoms with Crippen molar-refractivity contribution in [2.75, 3.05) is 6.61 Å². The van der Waals surface area contributed by atoms with E-state index in [1.54, 1.807) is 0 Å². The smallest absolute Gasteiger partial charge is 0.307 e. The van der Waals surface area contributed by atoms with Crippen LogP contribution < -0.4 is 4.74 Å². The van der Waals surface area contributed by atoms with Crippen molar-refractivity contribution in [2.24, 2.45) is 11.8 Å². The van der Waals surface area contributed by atoms with Gasteiger partial charge in [-0.25, -0.2) is 0 Å². The van der Waals surface area contributed by atoms with Gasteiger partial charge < -0.3 is 14.9 Å². The fraction of sp³-hybridized carbons (Fsp3) is 0.409. The van der Waals surface area contributed by atoms with Gasteiger partial charge >= 0.3 is 5.97 Å². The molecule has 4 rings (SSSR count). The highest BCUT2D eigenvalue weighted by Gasteiger charge is 2.35. The van der Waals surface area contributed by atoms with Crippen molar-refractivity contribution in [3.05, 3.63) is 65.2 Å². The van der Waals surface area contributed by atoms with E-state index in [0.29, 0.717) is 12.4 Å². The number of hydrogen-bond acceptors (Lipinski definition) is 3. The molecular formula is C22H24O4. The number of rotatable bonds is 4. The van der Waals surface area contributed by atoms with E-state index in [-0.39, 0.29) is 17.8 Å². The molecule has 1 aliphatic heterocycles. The molecule has 2 aliphatic rings. The quantitative estimate of drug-likeness (QED) is 0.875. The molecule has 136 valence electrons. The first-order chi connectivity index (χ1) is 12.6. The Bertz CT molecular complexity index is 786. The van der Waals surface area contributed by atoms with Crippen LogP contribution >= 0.6 is 0 Å². The minimum Gasteiger partial charge on any atom is -0.493 e. The number of carbonyl (C=O) groups is 1. The van der Waals surface area contributed by atoms with Gasteiger partial charge in [-0.2, -0.15) is 0 Å². The van der Waals surface area contributed by atoms with E-state index in [1.807, 2.05) is 36.4 Å². The van der Waals surface area contributed by atoms with Gasteiger partial charge in [0, 0.05) is 11.5 Å². The van der Waals surface area contributed by atoms with Gasteiger partial charge in [-0.1, -0.05) is 48.9 Å². The summed E-state index contributed by atoms with van der Waals surface area (Å²) < 4.78 is 5.97. The van der Waals surface area contributed by atoms with Crippen LogP contribution in [-0.2, 0) is 11.2 Å². The summed E-state index contributed by atoms with van der Waals surface area (Å²) in [6.45, 7) is 0.472. The highest BCUT2D eigenvalue weighted by Crippen LogP contribution is 2.44. The summed E-state index contributed by atoms with van der Waals surface area (Å²) in [6, 6.07) is 16.0. The van der Waals surface area contributed by atoms with Gasteiger partial charge in [0.05, 0.1) is 18.6 Å². The highest BCUT2D eigenvalue weighted by molar-refractivity contribution is 5.72. The van der Waals surface area contributed by atoms with Crippen molar-refractivity contribution in [3.8, 4) is 5.75 Å². The molecule has 4 unspecified atom stereocenters. The molecule has 2 aromatic rings. The van der Waals surface area contributed by atoms with E-state index in [4.69, 9.17) is 4.74 Å². The number of fused-ring (bicyclic) bond motifs is 1. The van der Waals surface area contributed by atoms with Crippen LogP contribution in [0.2, 0.25) is 0 Å². The van der Waals surface area contributed by atoms with Gasteiger partial charge in [-0.15, -0.1) is 0 Å². The van der Waals surface area contributed by atoms with E-state index in [1.165, 1.54) is 5.56 Å². The third kappa shape index (κ3) is 3.21. The molecular weight excluding hydrogens is 328 g/mol. The minimum atomic E-state index is -0.714. The molecule has 2 N–H and O–H groups in total. The number of aliphatic carboxylic acids is 1. The molecule has 1 fully saturated rings. The summed E-state index contributed by atoms with van der Waals surface area (Å²) in [7, 11) is 0. The third-order valence-corrected chi connectivity index (χ3v) is 5.86. The Labute approximate surface area is 153 Å². The first kappa shape index (κ1) is 17.1. The molecule has 4 heteroatoms. The average molecular weight is 352 g/mol. The minimum absolute atomic E-state index is 0.0222. The number of carboxylic acid groups (broad SMARTS) is 1. The highest BCUT2D eigenvalue weighted by atomic mass is 16.5. The van der Waals surface area contributed by atoms with Gasteiger partial charge in [0.1, 0.15) is 5.75 Å². The molecule has 0 aromatic heterocycles. The van der Waals surface area contributed by atoms with Gasteiger partial charge in [0.2, 0.25) is 0 Å². The molecule has 0 spiro atoms. The standard InChI is InChI=1S/C22H24O4/c23-21-16(11-14-5-2-1-3-6-14)13-26-20-12-15(9-10-19(20)21)17-7-4-8-18(17)22(24)25/h1-3,5-6,9-10,12,16-18,21,23H,4,7-8,11,13H2,(H,24,25).